The maximum absolute atomic E-state index is 12.5. The SMILES string of the molecule is COc1cc(OC)c2c(c1)Oc1cc(I)ccc1CC2=O. The summed E-state index contributed by atoms with van der Waals surface area (Å²) in [6, 6.07) is 9.21. The Morgan fingerprint density at radius 3 is 2.62 bits per heavy atom. The van der Waals surface area contributed by atoms with Crippen LogP contribution < -0.4 is 14.2 Å². The quantitative estimate of drug-likeness (QED) is 0.724. The lowest BCUT2D eigenvalue weighted by Crippen LogP contribution is -2.05. The van der Waals surface area contributed by atoms with Gasteiger partial charge in [-0.2, -0.15) is 0 Å². The Morgan fingerprint density at radius 2 is 1.90 bits per heavy atom. The molecule has 0 N–H and O–H groups in total. The zero-order chi connectivity index (χ0) is 15.0. The molecule has 0 saturated carbocycles. The third-order valence-electron chi connectivity index (χ3n) is 3.37. The van der Waals surface area contributed by atoms with E-state index in [1.54, 1.807) is 19.2 Å². The minimum absolute atomic E-state index is 0.0236. The summed E-state index contributed by atoms with van der Waals surface area (Å²) in [4.78, 5) is 12.5. The molecule has 2 aromatic rings. The number of carbonyl (C=O) groups excluding carboxylic acids is 1. The lowest BCUT2D eigenvalue weighted by atomic mass is 10.0. The van der Waals surface area contributed by atoms with Crippen molar-refractivity contribution >= 4 is 28.4 Å². The molecular weight excluding hydrogens is 383 g/mol. The van der Waals surface area contributed by atoms with Crippen molar-refractivity contribution in [2.45, 2.75) is 6.42 Å². The second-order valence-electron chi connectivity index (χ2n) is 4.66. The Balaban J connectivity index is 2.20. The first-order valence-corrected chi connectivity index (χ1v) is 7.45. The Labute approximate surface area is 136 Å². The Hall–Kier alpha value is -1.76. The average molecular weight is 396 g/mol. The fourth-order valence-corrected chi connectivity index (χ4v) is 2.81. The summed E-state index contributed by atoms with van der Waals surface area (Å²) in [5, 5.41) is 0. The molecule has 1 aliphatic rings. The number of rotatable bonds is 2. The van der Waals surface area contributed by atoms with E-state index in [9.17, 15) is 4.79 Å². The van der Waals surface area contributed by atoms with Gasteiger partial charge in [-0.05, 0) is 34.7 Å². The van der Waals surface area contributed by atoms with E-state index in [1.807, 2.05) is 18.2 Å². The first-order valence-electron chi connectivity index (χ1n) is 6.38. The topological polar surface area (TPSA) is 44.8 Å². The molecule has 0 fully saturated rings. The summed E-state index contributed by atoms with van der Waals surface area (Å²) in [6.07, 6.45) is 0.294. The van der Waals surface area contributed by atoms with Crippen LogP contribution in [0.5, 0.6) is 23.0 Å². The van der Waals surface area contributed by atoms with E-state index in [2.05, 4.69) is 22.6 Å². The second kappa shape index (κ2) is 5.55. The van der Waals surface area contributed by atoms with Crippen molar-refractivity contribution in [3.8, 4) is 23.0 Å². The molecular formula is C16H13IO4. The Kier molecular flexibility index (Phi) is 3.75. The van der Waals surface area contributed by atoms with E-state index in [1.165, 1.54) is 7.11 Å². The highest BCUT2D eigenvalue weighted by atomic mass is 127. The van der Waals surface area contributed by atoms with Gasteiger partial charge in [-0.15, -0.1) is 0 Å². The van der Waals surface area contributed by atoms with Gasteiger partial charge in [0.1, 0.15) is 28.6 Å². The molecule has 0 unspecified atom stereocenters. The van der Waals surface area contributed by atoms with Crippen LogP contribution in [0.3, 0.4) is 0 Å². The molecule has 21 heavy (non-hydrogen) atoms. The number of benzene rings is 2. The fourth-order valence-electron chi connectivity index (χ4n) is 2.35. The molecule has 0 aromatic heterocycles. The number of carbonyl (C=O) groups is 1. The molecule has 0 aliphatic carbocycles. The van der Waals surface area contributed by atoms with Gasteiger partial charge in [0.25, 0.3) is 0 Å². The molecule has 0 spiro atoms. The van der Waals surface area contributed by atoms with Crippen molar-refractivity contribution in [2.75, 3.05) is 14.2 Å². The normalized spacial score (nSPS) is 12.8. The first-order chi connectivity index (χ1) is 10.1. The van der Waals surface area contributed by atoms with Gasteiger partial charge in [0, 0.05) is 27.7 Å². The monoisotopic (exact) mass is 396 g/mol. The van der Waals surface area contributed by atoms with Crippen LogP contribution in [0, 0.1) is 3.57 Å². The highest BCUT2D eigenvalue weighted by Crippen LogP contribution is 2.41. The van der Waals surface area contributed by atoms with E-state index < -0.39 is 0 Å². The standard InChI is InChI=1S/C16H13IO4/c1-19-11-7-14(20-2)16-12(18)5-9-3-4-10(17)6-13(9)21-15(16)8-11/h3-4,6-8H,5H2,1-2H3. The van der Waals surface area contributed by atoms with E-state index in [0.717, 1.165) is 9.13 Å². The van der Waals surface area contributed by atoms with Crippen LogP contribution in [0.15, 0.2) is 30.3 Å². The largest absolute Gasteiger partial charge is 0.496 e. The maximum Gasteiger partial charge on any atom is 0.174 e. The minimum atomic E-state index is -0.0236. The fraction of sp³-hybridized carbons (Fsp3) is 0.188. The molecule has 2 aromatic carbocycles. The molecule has 108 valence electrons. The number of methoxy groups -OCH3 is 2. The van der Waals surface area contributed by atoms with Gasteiger partial charge in [-0.3, -0.25) is 4.79 Å². The van der Waals surface area contributed by atoms with Crippen molar-refractivity contribution in [3.05, 3.63) is 45.0 Å². The smallest absolute Gasteiger partial charge is 0.174 e. The maximum atomic E-state index is 12.5. The van der Waals surface area contributed by atoms with Crippen molar-refractivity contribution < 1.29 is 19.0 Å². The molecule has 1 heterocycles. The number of ketones is 1. The molecule has 0 amide bonds. The number of ether oxygens (including phenoxy) is 3. The summed E-state index contributed by atoms with van der Waals surface area (Å²) in [6.45, 7) is 0. The number of fused-ring (bicyclic) bond motifs is 2. The van der Waals surface area contributed by atoms with E-state index >= 15 is 0 Å². The first kappa shape index (κ1) is 14.2. The van der Waals surface area contributed by atoms with Crippen LogP contribution in [0.4, 0.5) is 0 Å². The molecule has 0 radical (unpaired) electrons. The molecule has 0 bridgehead atoms. The van der Waals surface area contributed by atoms with Crippen LogP contribution >= 0.6 is 22.6 Å². The van der Waals surface area contributed by atoms with Gasteiger partial charge < -0.3 is 14.2 Å². The van der Waals surface area contributed by atoms with Crippen LogP contribution in [0.25, 0.3) is 0 Å². The summed E-state index contributed by atoms with van der Waals surface area (Å²) in [5.41, 5.74) is 1.34. The zero-order valence-corrected chi connectivity index (χ0v) is 13.8. The highest BCUT2D eigenvalue weighted by Gasteiger charge is 2.26. The van der Waals surface area contributed by atoms with Gasteiger partial charge >= 0.3 is 0 Å². The summed E-state index contributed by atoms with van der Waals surface area (Å²) < 4.78 is 17.6. The van der Waals surface area contributed by atoms with Crippen molar-refractivity contribution in [1.29, 1.82) is 0 Å². The van der Waals surface area contributed by atoms with Crippen molar-refractivity contribution in [1.82, 2.24) is 0 Å². The Morgan fingerprint density at radius 1 is 1.10 bits per heavy atom. The average Bonchev–Trinajstić information content (AvgIpc) is 2.61. The van der Waals surface area contributed by atoms with Crippen LogP contribution in [0.1, 0.15) is 15.9 Å². The highest BCUT2D eigenvalue weighted by molar-refractivity contribution is 14.1. The van der Waals surface area contributed by atoms with Gasteiger partial charge in [-0.1, -0.05) is 6.07 Å². The summed E-state index contributed by atoms with van der Waals surface area (Å²) >= 11 is 2.22. The van der Waals surface area contributed by atoms with Crippen molar-refractivity contribution in [2.24, 2.45) is 0 Å². The third-order valence-corrected chi connectivity index (χ3v) is 4.05. The Bertz CT molecular complexity index is 724. The molecule has 0 atom stereocenters. The lowest BCUT2D eigenvalue weighted by Gasteiger charge is -2.13. The lowest BCUT2D eigenvalue weighted by molar-refractivity contribution is 0.0990. The number of halogens is 1. The van der Waals surface area contributed by atoms with Crippen molar-refractivity contribution in [3.63, 3.8) is 0 Å². The van der Waals surface area contributed by atoms with Gasteiger partial charge in [0.15, 0.2) is 5.78 Å². The third kappa shape index (κ3) is 2.57. The molecule has 3 rings (SSSR count). The summed E-state index contributed by atoms with van der Waals surface area (Å²) in [7, 11) is 3.10. The molecule has 5 heteroatoms. The number of Topliss-reactive ketones (excluding diaryl/α,β-unsaturated/α-hetero) is 1. The van der Waals surface area contributed by atoms with Gasteiger partial charge in [0.05, 0.1) is 14.2 Å². The predicted molar refractivity (Wildman–Crippen MR) is 86.8 cm³/mol. The predicted octanol–water partition coefficient (Wildman–Crippen LogP) is 3.84. The number of hydrogen-bond donors (Lipinski definition) is 0. The van der Waals surface area contributed by atoms with Crippen LogP contribution in [0.2, 0.25) is 0 Å². The molecule has 0 saturated heterocycles. The van der Waals surface area contributed by atoms with Crippen LogP contribution in [-0.2, 0) is 6.42 Å². The van der Waals surface area contributed by atoms with E-state index in [-0.39, 0.29) is 5.78 Å². The van der Waals surface area contributed by atoms with E-state index in [0.29, 0.717) is 35.0 Å². The minimum Gasteiger partial charge on any atom is -0.496 e. The van der Waals surface area contributed by atoms with E-state index in [4.69, 9.17) is 14.2 Å². The van der Waals surface area contributed by atoms with Crippen LogP contribution in [-0.4, -0.2) is 20.0 Å². The van der Waals surface area contributed by atoms with Gasteiger partial charge in [-0.25, -0.2) is 0 Å². The molecule has 4 nitrogen and oxygen atoms in total. The number of hydrogen-bond acceptors (Lipinski definition) is 4. The summed E-state index contributed by atoms with van der Waals surface area (Å²) in [5.74, 6) is 2.20. The zero-order valence-electron chi connectivity index (χ0n) is 11.6. The second-order valence-corrected chi connectivity index (χ2v) is 5.90. The van der Waals surface area contributed by atoms with Gasteiger partial charge in [0.2, 0.25) is 0 Å². The molecule has 1 aliphatic heterocycles.